The predicted molar refractivity (Wildman–Crippen MR) is 115 cm³/mol. The van der Waals surface area contributed by atoms with Crippen molar-refractivity contribution in [3.8, 4) is 28.8 Å². The van der Waals surface area contributed by atoms with Gasteiger partial charge in [0.2, 0.25) is 11.8 Å². The van der Waals surface area contributed by atoms with Gasteiger partial charge < -0.3 is 10.2 Å². The van der Waals surface area contributed by atoms with E-state index in [-0.39, 0.29) is 23.6 Å². The number of aromatic nitrogens is 3. The zero-order valence-electron chi connectivity index (χ0n) is 15.2. The van der Waals surface area contributed by atoms with Crippen LogP contribution in [0.3, 0.4) is 0 Å². The van der Waals surface area contributed by atoms with E-state index in [1.54, 1.807) is 0 Å². The molecule has 2 aromatic heterocycles. The van der Waals surface area contributed by atoms with Crippen LogP contribution < -0.4 is 0 Å². The maximum absolute atomic E-state index is 10.8. The number of halogens is 1. The second-order valence-corrected chi connectivity index (χ2v) is 8.42. The average Bonchev–Trinajstić information content (AvgIpc) is 3.42. The summed E-state index contributed by atoms with van der Waals surface area (Å²) in [5.41, 5.74) is 4.16. The van der Waals surface area contributed by atoms with Gasteiger partial charge in [-0.3, -0.25) is 4.57 Å². The van der Waals surface area contributed by atoms with Crippen molar-refractivity contribution in [3.05, 3.63) is 76.4 Å². The Balaban J connectivity index is 1.41. The lowest BCUT2D eigenvalue weighted by atomic mass is 10.0. The highest BCUT2D eigenvalue weighted by Gasteiger charge is 2.41. The van der Waals surface area contributed by atoms with Gasteiger partial charge in [0, 0.05) is 44.6 Å². The quantitative estimate of drug-likeness (QED) is 0.405. The second kappa shape index (κ2) is 5.94. The minimum atomic E-state index is 0.132. The smallest absolute Gasteiger partial charge is 0.202 e. The first-order valence-electron chi connectivity index (χ1n) is 9.48. The van der Waals surface area contributed by atoms with Crippen LogP contribution >= 0.6 is 15.9 Å². The molecule has 142 valence electrons. The third kappa shape index (κ3) is 2.32. The Morgan fingerprint density at radius 3 is 2.31 bits per heavy atom. The monoisotopic (exact) mass is 445 g/mol. The van der Waals surface area contributed by atoms with Gasteiger partial charge in [0.1, 0.15) is 0 Å². The summed E-state index contributed by atoms with van der Waals surface area (Å²) in [5.74, 6) is 1.29. The van der Waals surface area contributed by atoms with Gasteiger partial charge in [0.05, 0.1) is 11.2 Å². The molecule has 0 fully saturated rings. The van der Waals surface area contributed by atoms with Crippen LogP contribution in [-0.2, 0) is 0 Å². The molecule has 2 atom stereocenters. The van der Waals surface area contributed by atoms with Crippen LogP contribution in [0.4, 0.5) is 0 Å². The lowest BCUT2D eigenvalue weighted by molar-refractivity contribution is 0.395. The molecule has 0 spiro atoms. The Kier molecular flexibility index (Phi) is 3.44. The Morgan fingerprint density at radius 1 is 0.931 bits per heavy atom. The van der Waals surface area contributed by atoms with E-state index in [9.17, 15) is 10.2 Å². The zero-order chi connectivity index (χ0) is 19.7. The Bertz CT molecular complexity index is 1290. The van der Waals surface area contributed by atoms with Gasteiger partial charge in [0.15, 0.2) is 5.82 Å². The molecule has 4 aromatic rings. The first-order valence-corrected chi connectivity index (χ1v) is 10.3. The molecule has 6 rings (SSSR count). The van der Waals surface area contributed by atoms with Gasteiger partial charge in [-0.2, -0.15) is 0 Å². The number of benzene rings is 2. The van der Waals surface area contributed by atoms with Gasteiger partial charge in [-0.05, 0) is 52.7 Å². The minimum absolute atomic E-state index is 0.132. The van der Waals surface area contributed by atoms with Gasteiger partial charge >= 0.3 is 0 Å². The summed E-state index contributed by atoms with van der Waals surface area (Å²) in [6, 6.07) is 13.4. The molecule has 6 heteroatoms. The van der Waals surface area contributed by atoms with Crippen LogP contribution in [0, 0.1) is 0 Å². The Labute approximate surface area is 175 Å². The van der Waals surface area contributed by atoms with Crippen molar-refractivity contribution in [2.45, 2.75) is 18.3 Å². The highest BCUT2D eigenvalue weighted by molar-refractivity contribution is 9.10. The molecular weight excluding hydrogens is 430 g/mol. The summed E-state index contributed by atoms with van der Waals surface area (Å²) in [6.45, 7) is 0. The topological polar surface area (TPSA) is 71.2 Å². The standard InChI is InChI=1S/C23H16BrN3O2/c24-17-3-1-2-15-11-25-21(26-20(15)17)12-6-8-16(9-7-12)27-22(28)18-13-4-5-14(10-13)19(18)23(27)29/h1-9,11,13-14,28-29H,10H2/t13-,14?/m1/s1. The number of nitrogens with zero attached hydrogens (tertiary/aromatic N) is 3. The normalized spacial score (nSPS) is 19.2. The third-order valence-corrected chi connectivity index (χ3v) is 6.61. The molecule has 2 aromatic carbocycles. The summed E-state index contributed by atoms with van der Waals surface area (Å²) >= 11 is 3.54. The van der Waals surface area contributed by atoms with E-state index in [0.29, 0.717) is 11.5 Å². The van der Waals surface area contributed by atoms with Crippen LogP contribution in [0.15, 0.2) is 65.3 Å². The highest BCUT2D eigenvalue weighted by atomic mass is 79.9. The van der Waals surface area contributed by atoms with E-state index >= 15 is 0 Å². The molecular formula is C23H16BrN3O2. The predicted octanol–water partition coefficient (Wildman–Crippen LogP) is 5.40. The fourth-order valence-electron chi connectivity index (χ4n) is 4.60. The lowest BCUT2D eigenvalue weighted by Crippen LogP contribution is -1.96. The number of para-hydroxylation sites is 1. The molecule has 5 nitrogen and oxygen atoms in total. The van der Waals surface area contributed by atoms with Gasteiger partial charge in [-0.25, -0.2) is 9.97 Å². The van der Waals surface area contributed by atoms with Crippen molar-refractivity contribution < 1.29 is 10.2 Å². The molecule has 2 heterocycles. The Morgan fingerprint density at radius 2 is 1.62 bits per heavy atom. The number of aromatic hydroxyl groups is 2. The molecule has 0 saturated heterocycles. The molecule has 2 aliphatic carbocycles. The summed E-state index contributed by atoms with van der Waals surface area (Å²) in [7, 11) is 0. The summed E-state index contributed by atoms with van der Waals surface area (Å²) < 4.78 is 2.45. The van der Waals surface area contributed by atoms with Crippen LogP contribution in [0.25, 0.3) is 28.0 Å². The molecule has 0 saturated carbocycles. The molecule has 0 amide bonds. The van der Waals surface area contributed by atoms with Crippen LogP contribution in [-0.4, -0.2) is 24.7 Å². The summed E-state index contributed by atoms with van der Waals surface area (Å²) in [6.07, 6.45) is 7.00. The van der Waals surface area contributed by atoms with E-state index in [1.807, 2.05) is 48.7 Å². The number of hydrogen-bond acceptors (Lipinski definition) is 4. The van der Waals surface area contributed by atoms with Crippen molar-refractivity contribution in [2.75, 3.05) is 0 Å². The summed E-state index contributed by atoms with van der Waals surface area (Å²) in [5, 5.41) is 22.5. The van der Waals surface area contributed by atoms with Crippen molar-refractivity contribution in [1.82, 2.24) is 14.5 Å². The van der Waals surface area contributed by atoms with Crippen molar-refractivity contribution in [2.24, 2.45) is 0 Å². The third-order valence-electron chi connectivity index (χ3n) is 5.97. The number of fused-ring (bicyclic) bond motifs is 6. The zero-order valence-corrected chi connectivity index (χ0v) is 16.8. The first-order chi connectivity index (χ1) is 14.1. The molecule has 29 heavy (non-hydrogen) atoms. The Hall–Kier alpha value is -3.12. The van der Waals surface area contributed by atoms with Crippen LogP contribution in [0.1, 0.15) is 29.4 Å². The van der Waals surface area contributed by atoms with E-state index in [0.717, 1.165) is 38.5 Å². The van der Waals surface area contributed by atoms with Crippen LogP contribution in [0.2, 0.25) is 0 Å². The largest absolute Gasteiger partial charge is 0.494 e. The number of allylic oxidation sites excluding steroid dienone is 2. The van der Waals surface area contributed by atoms with E-state index < -0.39 is 0 Å². The van der Waals surface area contributed by atoms with Gasteiger partial charge in [0.25, 0.3) is 0 Å². The summed E-state index contributed by atoms with van der Waals surface area (Å²) in [4.78, 5) is 9.16. The molecule has 2 aliphatic rings. The number of hydrogen-bond donors (Lipinski definition) is 2. The SMILES string of the molecule is Oc1c2c(c(O)n1-c1ccc(-c3ncc4cccc(Br)c4n3)cc1)[C@@H]1C=CC2C1. The fourth-order valence-corrected chi connectivity index (χ4v) is 5.07. The minimum Gasteiger partial charge on any atom is -0.494 e. The lowest BCUT2D eigenvalue weighted by Gasteiger charge is -2.10. The average molecular weight is 446 g/mol. The molecule has 2 bridgehead atoms. The molecule has 2 N–H and O–H groups in total. The second-order valence-electron chi connectivity index (χ2n) is 7.56. The highest BCUT2D eigenvalue weighted by Crippen LogP contribution is 2.57. The fraction of sp³-hybridized carbons (Fsp3) is 0.130. The van der Waals surface area contributed by atoms with Crippen molar-refractivity contribution >= 4 is 26.8 Å². The maximum atomic E-state index is 10.8. The van der Waals surface area contributed by atoms with E-state index in [1.165, 1.54) is 4.57 Å². The van der Waals surface area contributed by atoms with Crippen molar-refractivity contribution in [3.63, 3.8) is 0 Å². The van der Waals surface area contributed by atoms with Gasteiger partial charge in [-0.15, -0.1) is 0 Å². The van der Waals surface area contributed by atoms with Gasteiger partial charge in [-0.1, -0.05) is 24.3 Å². The first kappa shape index (κ1) is 16.8. The van der Waals surface area contributed by atoms with E-state index in [4.69, 9.17) is 0 Å². The van der Waals surface area contributed by atoms with Crippen LogP contribution in [0.5, 0.6) is 11.8 Å². The molecule has 1 unspecified atom stereocenters. The molecule has 0 radical (unpaired) electrons. The number of rotatable bonds is 2. The molecule has 0 aliphatic heterocycles. The maximum Gasteiger partial charge on any atom is 0.202 e. The van der Waals surface area contributed by atoms with E-state index in [2.05, 4.69) is 38.0 Å². The van der Waals surface area contributed by atoms with Crippen molar-refractivity contribution in [1.29, 1.82) is 0 Å².